The van der Waals surface area contributed by atoms with Crippen molar-refractivity contribution in [2.45, 2.75) is 25.0 Å². The molecular weight excluding hydrogens is 199 g/mol. The van der Waals surface area contributed by atoms with Gasteiger partial charge in [0, 0.05) is 11.9 Å². The van der Waals surface area contributed by atoms with Gasteiger partial charge in [-0.1, -0.05) is 0 Å². The summed E-state index contributed by atoms with van der Waals surface area (Å²) in [5.41, 5.74) is 0. The van der Waals surface area contributed by atoms with Crippen LogP contribution in [0.1, 0.15) is 12.8 Å². The summed E-state index contributed by atoms with van der Waals surface area (Å²) < 4.78 is 5.22. The fourth-order valence-corrected chi connectivity index (χ4v) is 2.29. The zero-order valence-corrected chi connectivity index (χ0v) is 9.80. The summed E-state index contributed by atoms with van der Waals surface area (Å²) in [6, 6.07) is 0. The average Bonchev–Trinajstić information content (AvgIpc) is 2.60. The van der Waals surface area contributed by atoms with Crippen molar-refractivity contribution in [3.05, 3.63) is 0 Å². The summed E-state index contributed by atoms with van der Waals surface area (Å²) in [6.07, 6.45) is 0.403. The third-order valence-corrected chi connectivity index (χ3v) is 2.83. The average molecular weight is 208 g/mol. The van der Waals surface area contributed by atoms with Crippen LogP contribution in [0.4, 0.5) is 0 Å². The maximum Gasteiger partial charge on any atom is 1.00 e. The van der Waals surface area contributed by atoms with Crippen LogP contribution in [0, 0.1) is 11.8 Å². The van der Waals surface area contributed by atoms with E-state index in [9.17, 15) is 14.7 Å². The Bertz CT molecular complexity index is 240. The molecule has 0 aromatic carbocycles. The van der Waals surface area contributed by atoms with E-state index in [0.29, 0.717) is 12.8 Å². The zero-order chi connectivity index (χ0) is 9.59. The van der Waals surface area contributed by atoms with Crippen LogP contribution in [0.5, 0.6) is 0 Å². The molecule has 0 saturated carbocycles. The number of hydrogen-bond donors (Lipinski definition) is 1. The first-order chi connectivity index (χ1) is 6.11. The summed E-state index contributed by atoms with van der Waals surface area (Å²) in [6.45, 7) is 0. The largest absolute Gasteiger partial charge is 1.00 e. The quantitative estimate of drug-likeness (QED) is 0.463. The Kier molecular flexibility index (Phi) is 3.58. The molecule has 2 heterocycles. The molecule has 0 amide bonds. The molecule has 4 atom stereocenters. The molecule has 5 nitrogen and oxygen atoms in total. The monoisotopic (exact) mass is 208 g/mol. The van der Waals surface area contributed by atoms with Crippen LogP contribution in [0.15, 0.2) is 0 Å². The summed E-state index contributed by atoms with van der Waals surface area (Å²) in [5, 5.41) is 19.4. The first kappa shape index (κ1) is 12.0. The molecule has 0 aliphatic carbocycles. The van der Waals surface area contributed by atoms with Crippen molar-refractivity contribution in [3.63, 3.8) is 0 Å². The number of rotatable bonds is 2. The molecule has 2 bridgehead atoms. The van der Waals surface area contributed by atoms with E-state index in [0.717, 1.165) is 0 Å². The van der Waals surface area contributed by atoms with Gasteiger partial charge in [-0.15, -0.1) is 0 Å². The molecule has 0 radical (unpaired) electrons. The van der Waals surface area contributed by atoms with E-state index >= 15 is 0 Å². The van der Waals surface area contributed by atoms with Crippen LogP contribution in [0.3, 0.4) is 0 Å². The van der Waals surface area contributed by atoms with Crippen LogP contribution in [0.25, 0.3) is 0 Å². The van der Waals surface area contributed by atoms with E-state index in [1.807, 2.05) is 0 Å². The second-order valence-electron chi connectivity index (χ2n) is 3.50. The molecule has 0 aromatic rings. The number of fused-ring (bicyclic) bond motifs is 2. The molecule has 14 heavy (non-hydrogen) atoms. The Labute approximate surface area is 103 Å². The topological polar surface area (TPSA) is 86.7 Å². The third kappa shape index (κ3) is 1.69. The van der Waals surface area contributed by atoms with E-state index in [-0.39, 0.29) is 29.6 Å². The van der Waals surface area contributed by atoms with Gasteiger partial charge in [-0.05, 0) is 12.8 Å². The molecule has 6 heteroatoms. The fourth-order valence-electron chi connectivity index (χ4n) is 2.29. The fraction of sp³-hybridized carbons (Fsp3) is 0.750. The molecule has 2 rings (SSSR count). The molecule has 0 spiro atoms. The van der Waals surface area contributed by atoms with Crippen molar-refractivity contribution in [2.75, 3.05) is 0 Å². The van der Waals surface area contributed by atoms with Crippen molar-refractivity contribution in [1.29, 1.82) is 0 Å². The van der Waals surface area contributed by atoms with Crippen molar-refractivity contribution < 1.29 is 54.1 Å². The normalized spacial score (nSPS) is 39.1. The van der Waals surface area contributed by atoms with Crippen LogP contribution < -0.4 is 34.7 Å². The van der Waals surface area contributed by atoms with E-state index in [1.54, 1.807) is 0 Å². The summed E-state index contributed by atoms with van der Waals surface area (Å²) in [7, 11) is 0. The Morgan fingerprint density at radius 2 is 1.71 bits per heavy atom. The second kappa shape index (κ2) is 4.18. The standard InChI is InChI=1S/C8H10O5.Na/c9-7(10)5-3-1-2-4(13-3)6(5)8(11)12;/h3-6H,1-2H2,(H,9,10)(H,11,12);/q;+1/p-1. The summed E-state index contributed by atoms with van der Waals surface area (Å²) in [4.78, 5) is 21.4. The van der Waals surface area contributed by atoms with Crippen LogP contribution in [-0.2, 0) is 14.3 Å². The maximum absolute atomic E-state index is 10.7. The summed E-state index contributed by atoms with van der Waals surface area (Å²) in [5.74, 6) is -4.28. The minimum absolute atomic E-state index is 0. The molecule has 2 aliphatic heterocycles. The van der Waals surface area contributed by atoms with Gasteiger partial charge in [0.15, 0.2) is 0 Å². The maximum atomic E-state index is 10.7. The van der Waals surface area contributed by atoms with Gasteiger partial charge in [-0.3, -0.25) is 4.79 Å². The van der Waals surface area contributed by atoms with Gasteiger partial charge in [0.05, 0.1) is 18.1 Å². The Hall–Kier alpha value is -0.100. The van der Waals surface area contributed by atoms with E-state index < -0.39 is 36.0 Å². The van der Waals surface area contributed by atoms with Gasteiger partial charge in [-0.2, -0.15) is 0 Å². The van der Waals surface area contributed by atoms with Crippen molar-refractivity contribution in [3.8, 4) is 0 Å². The molecule has 0 aromatic heterocycles. The predicted octanol–water partition coefficient (Wildman–Crippen LogP) is -4.38. The minimum Gasteiger partial charge on any atom is -0.550 e. The first-order valence-corrected chi connectivity index (χ1v) is 4.20. The zero-order valence-electron chi connectivity index (χ0n) is 7.80. The Morgan fingerprint density at radius 1 is 1.21 bits per heavy atom. The van der Waals surface area contributed by atoms with E-state index in [2.05, 4.69) is 0 Å². The van der Waals surface area contributed by atoms with Crippen LogP contribution in [0.2, 0.25) is 0 Å². The van der Waals surface area contributed by atoms with E-state index in [4.69, 9.17) is 9.84 Å². The number of ether oxygens (including phenoxy) is 1. The number of hydrogen-bond acceptors (Lipinski definition) is 4. The number of aliphatic carboxylic acids is 2. The van der Waals surface area contributed by atoms with Crippen molar-refractivity contribution >= 4 is 11.9 Å². The number of carbonyl (C=O) groups is 2. The van der Waals surface area contributed by atoms with Crippen molar-refractivity contribution in [1.82, 2.24) is 0 Å². The third-order valence-electron chi connectivity index (χ3n) is 2.83. The molecule has 1 N–H and O–H groups in total. The number of carbonyl (C=O) groups excluding carboxylic acids is 1. The van der Waals surface area contributed by atoms with Gasteiger partial charge < -0.3 is 19.7 Å². The first-order valence-electron chi connectivity index (χ1n) is 4.20. The number of carboxylic acid groups (broad SMARTS) is 2. The van der Waals surface area contributed by atoms with Crippen LogP contribution >= 0.6 is 0 Å². The molecular formula is C8H9NaO5. The van der Waals surface area contributed by atoms with Gasteiger partial charge in [0.2, 0.25) is 0 Å². The van der Waals surface area contributed by atoms with Crippen LogP contribution in [-0.4, -0.2) is 29.3 Å². The SMILES string of the molecule is O=C([O-])C1C2CCC(O2)C1C(=O)O.[Na+]. The van der Waals surface area contributed by atoms with Crippen molar-refractivity contribution in [2.24, 2.45) is 11.8 Å². The van der Waals surface area contributed by atoms with Gasteiger partial charge >= 0.3 is 35.5 Å². The van der Waals surface area contributed by atoms with Gasteiger partial charge in [0.1, 0.15) is 0 Å². The van der Waals surface area contributed by atoms with E-state index in [1.165, 1.54) is 0 Å². The Balaban J connectivity index is 0.000000980. The predicted molar refractivity (Wildman–Crippen MR) is 37.5 cm³/mol. The molecule has 2 saturated heterocycles. The summed E-state index contributed by atoms with van der Waals surface area (Å²) >= 11 is 0. The van der Waals surface area contributed by atoms with Gasteiger partial charge in [0.25, 0.3) is 0 Å². The Morgan fingerprint density at radius 3 is 2.07 bits per heavy atom. The molecule has 72 valence electrons. The smallest absolute Gasteiger partial charge is 0.550 e. The minimum atomic E-state index is -1.31. The number of carboxylic acids is 2. The second-order valence-corrected chi connectivity index (χ2v) is 3.50. The molecule has 2 fully saturated rings. The van der Waals surface area contributed by atoms with Gasteiger partial charge in [-0.25, -0.2) is 0 Å². The molecule has 4 unspecified atom stereocenters. The molecule has 2 aliphatic rings.